The van der Waals surface area contributed by atoms with E-state index < -0.39 is 0 Å². The van der Waals surface area contributed by atoms with Crippen LogP contribution in [0.15, 0.2) is 54.6 Å². The third-order valence-corrected chi connectivity index (χ3v) is 4.83. The maximum absolute atomic E-state index is 13.4. The van der Waals surface area contributed by atoms with E-state index in [9.17, 15) is 9.18 Å². The molecule has 0 bridgehead atoms. The van der Waals surface area contributed by atoms with Crippen LogP contribution >= 0.6 is 0 Å². The number of pyridine rings is 1. The predicted molar refractivity (Wildman–Crippen MR) is 101 cm³/mol. The van der Waals surface area contributed by atoms with Crippen LogP contribution in [0.4, 0.5) is 10.2 Å². The molecule has 1 saturated heterocycles. The Kier molecular flexibility index (Phi) is 4.29. The number of hydrogen-bond acceptors (Lipinski definition) is 3. The highest BCUT2D eigenvalue weighted by atomic mass is 19.1. The quantitative estimate of drug-likeness (QED) is 0.709. The number of para-hydroxylation sites is 1. The molecule has 0 saturated carbocycles. The van der Waals surface area contributed by atoms with Gasteiger partial charge >= 0.3 is 0 Å². The molecule has 2 heterocycles. The van der Waals surface area contributed by atoms with Gasteiger partial charge in [-0.05, 0) is 42.8 Å². The Morgan fingerprint density at radius 3 is 2.54 bits per heavy atom. The number of aromatic nitrogens is 1. The van der Waals surface area contributed by atoms with Crippen molar-refractivity contribution in [2.75, 3.05) is 31.1 Å². The monoisotopic (exact) mass is 349 g/mol. The number of carbonyl (C=O) groups is 1. The number of carbonyl (C=O) groups excluding carboxylic acids is 1. The third kappa shape index (κ3) is 3.12. The van der Waals surface area contributed by atoms with Crippen molar-refractivity contribution in [2.24, 2.45) is 0 Å². The first kappa shape index (κ1) is 16.5. The Labute approximate surface area is 151 Å². The van der Waals surface area contributed by atoms with Gasteiger partial charge < -0.3 is 9.80 Å². The fraction of sp³-hybridized carbons (Fsp3) is 0.238. The van der Waals surface area contributed by atoms with Gasteiger partial charge in [-0.1, -0.05) is 24.3 Å². The average molecular weight is 349 g/mol. The van der Waals surface area contributed by atoms with E-state index in [1.54, 1.807) is 17.0 Å². The van der Waals surface area contributed by atoms with Gasteiger partial charge in [0, 0.05) is 37.1 Å². The van der Waals surface area contributed by atoms with Gasteiger partial charge in [0.2, 0.25) is 0 Å². The van der Waals surface area contributed by atoms with E-state index in [-0.39, 0.29) is 11.7 Å². The summed E-state index contributed by atoms with van der Waals surface area (Å²) >= 11 is 0. The molecule has 1 amide bonds. The van der Waals surface area contributed by atoms with Crippen LogP contribution in [0.25, 0.3) is 10.9 Å². The van der Waals surface area contributed by atoms with E-state index in [0.29, 0.717) is 31.7 Å². The number of nitrogens with zero attached hydrogens (tertiary/aromatic N) is 3. The standard InChI is InChI=1S/C21H20FN3O/c1-15-13-16-5-2-3-8-19(16)23-20(15)24-9-11-25(12-10-24)21(26)17-6-4-7-18(22)14-17/h2-8,13-14H,9-12H2,1H3. The molecular formula is C21H20FN3O. The summed E-state index contributed by atoms with van der Waals surface area (Å²) in [6, 6.07) is 16.1. The maximum Gasteiger partial charge on any atom is 0.254 e. The van der Waals surface area contributed by atoms with Crippen molar-refractivity contribution < 1.29 is 9.18 Å². The van der Waals surface area contributed by atoms with E-state index in [1.807, 2.05) is 18.2 Å². The SMILES string of the molecule is Cc1cc2ccccc2nc1N1CCN(C(=O)c2cccc(F)c2)CC1. The topological polar surface area (TPSA) is 36.4 Å². The maximum atomic E-state index is 13.4. The zero-order valence-electron chi connectivity index (χ0n) is 14.7. The Hall–Kier alpha value is -2.95. The number of piperazine rings is 1. The van der Waals surface area contributed by atoms with Crippen LogP contribution in [0.5, 0.6) is 0 Å². The predicted octanol–water partition coefficient (Wildman–Crippen LogP) is 3.64. The summed E-state index contributed by atoms with van der Waals surface area (Å²) in [4.78, 5) is 21.4. The fourth-order valence-electron chi connectivity index (χ4n) is 3.46. The lowest BCUT2D eigenvalue weighted by Gasteiger charge is -2.36. The van der Waals surface area contributed by atoms with Crippen LogP contribution in [0.3, 0.4) is 0 Å². The van der Waals surface area contributed by atoms with Crippen LogP contribution in [0.1, 0.15) is 15.9 Å². The van der Waals surface area contributed by atoms with Crippen molar-refractivity contribution in [1.29, 1.82) is 0 Å². The normalized spacial score (nSPS) is 14.7. The Morgan fingerprint density at radius 1 is 1.00 bits per heavy atom. The minimum absolute atomic E-state index is 0.118. The van der Waals surface area contributed by atoms with Crippen molar-refractivity contribution in [1.82, 2.24) is 9.88 Å². The molecule has 1 fully saturated rings. The zero-order chi connectivity index (χ0) is 18.1. The van der Waals surface area contributed by atoms with E-state index in [1.165, 1.54) is 12.1 Å². The van der Waals surface area contributed by atoms with Gasteiger partial charge in [0.1, 0.15) is 11.6 Å². The summed E-state index contributed by atoms with van der Waals surface area (Å²) in [5.74, 6) is 0.472. The fourth-order valence-corrected chi connectivity index (χ4v) is 3.46. The van der Waals surface area contributed by atoms with Crippen LogP contribution in [0.2, 0.25) is 0 Å². The van der Waals surface area contributed by atoms with Gasteiger partial charge in [0.05, 0.1) is 5.52 Å². The molecule has 132 valence electrons. The van der Waals surface area contributed by atoms with Crippen LogP contribution in [-0.2, 0) is 0 Å². The summed E-state index contributed by atoms with van der Waals surface area (Å²) in [6.07, 6.45) is 0. The molecule has 4 rings (SSSR count). The summed E-state index contributed by atoms with van der Waals surface area (Å²) < 4.78 is 13.4. The highest BCUT2D eigenvalue weighted by Gasteiger charge is 2.24. The van der Waals surface area contributed by atoms with Crippen molar-refractivity contribution in [3.8, 4) is 0 Å². The van der Waals surface area contributed by atoms with Crippen molar-refractivity contribution in [3.05, 3.63) is 71.5 Å². The number of rotatable bonds is 2. The number of halogens is 1. The second-order valence-electron chi connectivity index (χ2n) is 6.61. The largest absolute Gasteiger partial charge is 0.353 e. The van der Waals surface area contributed by atoms with Gasteiger partial charge in [-0.25, -0.2) is 9.37 Å². The van der Waals surface area contributed by atoms with Crippen LogP contribution < -0.4 is 4.90 Å². The molecule has 0 aliphatic carbocycles. The first-order valence-electron chi connectivity index (χ1n) is 8.78. The highest BCUT2D eigenvalue weighted by Crippen LogP contribution is 2.24. The summed E-state index contributed by atoms with van der Waals surface area (Å²) in [7, 11) is 0. The minimum atomic E-state index is -0.384. The molecule has 4 nitrogen and oxygen atoms in total. The smallest absolute Gasteiger partial charge is 0.254 e. The molecule has 3 aromatic rings. The lowest BCUT2D eigenvalue weighted by molar-refractivity contribution is 0.0746. The summed E-state index contributed by atoms with van der Waals surface area (Å²) in [5.41, 5.74) is 2.51. The lowest BCUT2D eigenvalue weighted by atomic mass is 10.1. The Morgan fingerprint density at radius 2 is 1.77 bits per heavy atom. The molecule has 1 aliphatic rings. The van der Waals surface area contributed by atoms with Gasteiger partial charge in [0.15, 0.2) is 0 Å². The number of amides is 1. The molecule has 26 heavy (non-hydrogen) atoms. The van der Waals surface area contributed by atoms with Gasteiger partial charge in [0.25, 0.3) is 5.91 Å². The number of fused-ring (bicyclic) bond motifs is 1. The molecule has 0 radical (unpaired) electrons. The zero-order valence-corrected chi connectivity index (χ0v) is 14.7. The second kappa shape index (κ2) is 6.75. The molecule has 5 heteroatoms. The Bertz CT molecular complexity index is 964. The summed E-state index contributed by atoms with van der Waals surface area (Å²) in [6.45, 7) is 4.70. The molecule has 0 unspecified atom stereocenters. The number of aryl methyl sites for hydroxylation is 1. The first-order chi connectivity index (χ1) is 12.6. The number of benzene rings is 2. The molecule has 0 spiro atoms. The second-order valence-corrected chi connectivity index (χ2v) is 6.61. The van der Waals surface area contributed by atoms with E-state index in [2.05, 4.69) is 24.0 Å². The van der Waals surface area contributed by atoms with Crippen molar-refractivity contribution in [3.63, 3.8) is 0 Å². The first-order valence-corrected chi connectivity index (χ1v) is 8.78. The van der Waals surface area contributed by atoms with Crippen molar-refractivity contribution >= 4 is 22.6 Å². The third-order valence-electron chi connectivity index (χ3n) is 4.83. The number of hydrogen-bond donors (Lipinski definition) is 0. The van der Waals surface area contributed by atoms with E-state index in [0.717, 1.165) is 22.3 Å². The molecule has 1 aliphatic heterocycles. The van der Waals surface area contributed by atoms with E-state index >= 15 is 0 Å². The highest BCUT2D eigenvalue weighted by molar-refractivity contribution is 5.94. The lowest BCUT2D eigenvalue weighted by Crippen LogP contribution is -2.49. The minimum Gasteiger partial charge on any atom is -0.353 e. The molecule has 1 aromatic heterocycles. The molecule has 0 atom stereocenters. The average Bonchev–Trinajstić information content (AvgIpc) is 2.67. The van der Waals surface area contributed by atoms with Crippen LogP contribution in [0, 0.1) is 12.7 Å². The van der Waals surface area contributed by atoms with Crippen LogP contribution in [-0.4, -0.2) is 42.0 Å². The molecule has 0 N–H and O–H groups in total. The van der Waals surface area contributed by atoms with Gasteiger partial charge in [-0.2, -0.15) is 0 Å². The van der Waals surface area contributed by atoms with E-state index in [4.69, 9.17) is 4.98 Å². The van der Waals surface area contributed by atoms with Gasteiger partial charge in [-0.3, -0.25) is 4.79 Å². The Balaban J connectivity index is 1.50. The van der Waals surface area contributed by atoms with Gasteiger partial charge in [-0.15, -0.1) is 0 Å². The molecular weight excluding hydrogens is 329 g/mol. The number of anilines is 1. The van der Waals surface area contributed by atoms with Crippen molar-refractivity contribution in [2.45, 2.75) is 6.92 Å². The summed E-state index contributed by atoms with van der Waals surface area (Å²) in [5, 5.41) is 1.13. The molecule has 2 aromatic carbocycles.